The van der Waals surface area contributed by atoms with E-state index in [1.165, 1.54) is 0 Å². The predicted octanol–water partition coefficient (Wildman–Crippen LogP) is 4.00. The van der Waals surface area contributed by atoms with E-state index in [1.807, 2.05) is 62.4 Å². The number of aromatic hydroxyl groups is 1. The number of aromatic nitrogens is 1. The maximum absolute atomic E-state index is 12.5. The minimum atomic E-state index is -0.326. The second kappa shape index (κ2) is 5.20. The van der Waals surface area contributed by atoms with Gasteiger partial charge in [0.25, 0.3) is 5.91 Å². The van der Waals surface area contributed by atoms with Gasteiger partial charge in [0.1, 0.15) is 0 Å². The number of aromatic amines is 1. The van der Waals surface area contributed by atoms with Crippen molar-refractivity contribution in [1.82, 2.24) is 4.98 Å². The first-order valence-electron chi connectivity index (χ1n) is 7.77. The fourth-order valence-electron chi connectivity index (χ4n) is 3.00. The van der Waals surface area contributed by atoms with E-state index in [4.69, 9.17) is 0 Å². The Morgan fingerprint density at radius 1 is 0.833 bits per heavy atom. The summed E-state index contributed by atoms with van der Waals surface area (Å²) in [5.74, 6) is -0.349. The lowest BCUT2D eigenvalue weighted by Gasteiger charge is -2.01. The second-order valence-electron chi connectivity index (χ2n) is 6.10. The van der Waals surface area contributed by atoms with Gasteiger partial charge in [0.05, 0.1) is 22.5 Å². The molecule has 0 aliphatic carbocycles. The van der Waals surface area contributed by atoms with Crippen LogP contribution in [0.25, 0.3) is 11.3 Å². The third-order valence-electron chi connectivity index (χ3n) is 4.31. The van der Waals surface area contributed by atoms with Gasteiger partial charge in [-0.15, -0.1) is 0 Å². The topological polar surface area (TPSA) is 65.5 Å². The molecule has 2 N–H and O–H groups in total. The summed E-state index contributed by atoms with van der Waals surface area (Å²) in [5.41, 5.74) is 5.98. The van der Waals surface area contributed by atoms with Crippen LogP contribution < -0.4 is 0 Å². The number of H-pyrrole nitrogens is 1. The van der Waals surface area contributed by atoms with Gasteiger partial charge in [0.2, 0.25) is 0 Å². The minimum absolute atomic E-state index is 0.0225. The van der Waals surface area contributed by atoms with Crippen molar-refractivity contribution in [1.29, 1.82) is 0 Å². The van der Waals surface area contributed by atoms with Crippen LogP contribution in [-0.4, -0.2) is 21.7 Å². The van der Waals surface area contributed by atoms with Gasteiger partial charge in [0, 0.05) is 5.56 Å². The molecule has 2 heterocycles. The highest BCUT2D eigenvalue weighted by Gasteiger charge is 2.33. The second-order valence-corrected chi connectivity index (χ2v) is 6.10. The average molecular weight is 316 g/mol. The molecule has 0 fully saturated rings. The van der Waals surface area contributed by atoms with E-state index in [2.05, 4.69) is 9.98 Å². The smallest absolute Gasteiger partial charge is 0.280 e. The van der Waals surface area contributed by atoms with Crippen molar-refractivity contribution < 1.29 is 9.90 Å². The van der Waals surface area contributed by atoms with Crippen molar-refractivity contribution in [2.24, 2.45) is 4.99 Å². The highest BCUT2D eigenvalue weighted by molar-refractivity contribution is 6.30. The third kappa shape index (κ3) is 2.15. The number of hydrogen-bond donors (Lipinski definition) is 2. The van der Waals surface area contributed by atoms with Gasteiger partial charge in [-0.05, 0) is 19.4 Å². The molecule has 1 aromatic heterocycles. The van der Waals surface area contributed by atoms with Crippen molar-refractivity contribution in [3.05, 3.63) is 76.3 Å². The molecule has 2 aromatic carbocycles. The van der Waals surface area contributed by atoms with Gasteiger partial charge in [-0.3, -0.25) is 4.79 Å². The normalized spacial score (nSPS) is 13.1. The first-order chi connectivity index (χ1) is 11.5. The Balaban J connectivity index is 1.87. The Bertz CT molecular complexity index is 978. The molecule has 1 aliphatic heterocycles. The lowest BCUT2D eigenvalue weighted by Crippen LogP contribution is -1.99. The maximum Gasteiger partial charge on any atom is 0.280 e. The van der Waals surface area contributed by atoms with Gasteiger partial charge < -0.3 is 10.1 Å². The van der Waals surface area contributed by atoms with E-state index in [1.54, 1.807) is 0 Å². The number of carbonyl (C=O) groups excluding carboxylic acids is 1. The molecule has 4 nitrogen and oxygen atoms in total. The molecular formula is C20H16N2O2. The molecule has 3 aromatic rings. The summed E-state index contributed by atoms with van der Waals surface area (Å²) >= 11 is 0. The van der Waals surface area contributed by atoms with Gasteiger partial charge in [-0.25, -0.2) is 4.99 Å². The summed E-state index contributed by atoms with van der Waals surface area (Å²) in [4.78, 5) is 19.6. The number of aliphatic imine (C=N–C) groups is 1. The van der Waals surface area contributed by atoms with E-state index in [0.717, 1.165) is 22.3 Å². The average Bonchev–Trinajstić information content (AvgIpc) is 3.08. The highest BCUT2D eigenvalue weighted by atomic mass is 16.3. The fourth-order valence-corrected chi connectivity index (χ4v) is 3.00. The molecule has 0 spiro atoms. The molecule has 4 heteroatoms. The van der Waals surface area contributed by atoms with Crippen LogP contribution in [0.15, 0.2) is 53.5 Å². The summed E-state index contributed by atoms with van der Waals surface area (Å²) in [6.07, 6.45) is 0. The number of aryl methyl sites for hydroxylation is 2. The molecule has 0 saturated heterocycles. The van der Waals surface area contributed by atoms with Gasteiger partial charge >= 0.3 is 0 Å². The monoisotopic (exact) mass is 316 g/mol. The van der Waals surface area contributed by atoms with E-state index >= 15 is 0 Å². The zero-order valence-electron chi connectivity index (χ0n) is 13.4. The molecule has 1 amide bonds. The molecule has 4 rings (SSSR count). The van der Waals surface area contributed by atoms with Crippen molar-refractivity contribution in [3.8, 4) is 17.1 Å². The Hall–Kier alpha value is -3.14. The van der Waals surface area contributed by atoms with E-state index in [0.29, 0.717) is 22.5 Å². The van der Waals surface area contributed by atoms with Gasteiger partial charge in [0.15, 0.2) is 5.88 Å². The predicted molar refractivity (Wildman–Crippen MR) is 93.8 cm³/mol. The van der Waals surface area contributed by atoms with E-state index < -0.39 is 0 Å². The van der Waals surface area contributed by atoms with Crippen LogP contribution in [-0.2, 0) is 0 Å². The number of carbonyl (C=O) groups is 1. The number of amides is 1. The number of rotatable bonds is 2. The van der Waals surface area contributed by atoms with Crippen molar-refractivity contribution in [3.63, 3.8) is 0 Å². The summed E-state index contributed by atoms with van der Waals surface area (Å²) < 4.78 is 0. The molecule has 1 aliphatic rings. The van der Waals surface area contributed by atoms with Crippen molar-refractivity contribution >= 4 is 11.6 Å². The lowest BCUT2D eigenvalue weighted by atomic mass is 9.99. The van der Waals surface area contributed by atoms with E-state index in [-0.39, 0.29) is 11.8 Å². The zero-order valence-corrected chi connectivity index (χ0v) is 13.4. The third-order valence-corrected chi connectivity index (χ3v) is 4.31. The number of hydrogen-bond acceptors (Lipinski definition) is 2. The number of nitrogens with one attached hydrogen (secondary N) is 1. The summed E-state index contributed by atoms with van der Waals surface area (Å²) in [6, 6.07) is 15.6. The number of fused-ring (bicyclic) bond motifs is 1. The highest BCUT2D eigenvalue weighted by Crippen LogP contribution is 2.37. The number of nitrogens with zero attached hydrogens (tertiary/aromatic N) is 1. The molecule has 0 unspecified atom stereocenters. The molecule has 0 bridgehead atoms. The Morgan fingerprint density at radius 3 is 1.96 bits per heavy atom. The Kier molecular flexibility index (Phi) is 3.13. The minimum Gasteiger partial charge on any atom is -0.494 e. The molecule has 0 radical (unpaired) electrons. The first-order valence-corrected chi connectivity index (χ1v) is 7.77. The summed E-state index contributed by atoms with van der Waals surface area (Å²) in [5, 5.41) is 10.4. The molecule has 118 valence electrons. The van der Waals surface area contributed by atoms with Crippen LogP contribution in [0.4, 0.5) is 0 Å². The largest absolute Gasteiger partial charge is 0.494 e. The van der Waals surface area contributed by atoms with Crippen LogP contribution in [0.2, 0.25) is 0 Å². The molecule has 24 heavy (non-hydrogen) atoms. The van der Waals surface area contributed by atoms with Crippen molar-refractivity contribution in [2.45, 2.75) is 13.8 Å². The van der Waals surface area contributed by atoms with Crippen LogP contribution in [0, 0.1) is 13.8 Å². The zero-order chi connectivity index (χ0) is 16.8. The molecule has 0 saturated carbocycles. The summed E-state index contributed by atoms with van der Waals surface area (Å²) in [7, 11) is 0. The molecule has 0 atom stereocenters. The summed E-state index contributed by atoms with van der Waals surface area (Å²) in [6.45, 7) is 4.00. The Labute approximate surface area is 139 Å². The van der Waals surface area contributed by atoms with Crippen LogP contribution in [0.1, 0.15) is 32.6 Å². The van der Waals surface area contributed by atoms with Crippen LogP contribution in [0.5, 0.6) is 5.88 Å². The quantitative estimate of drug-likeness (QED) is 0.750. The first kappa shape index (κ1) is 14.5. The standard InChI is InChI=1S/C20H16N2O2/c1-11-3-7-13(8-4-11)17-15-16(20(24)21-17)18(22-19(15)23)14-9-5-12(2)6-10-14/h3-10,21,24H,1-2H3. The number of benzene rings is 2. The van der Waals surface area contributed by atoms with E-state index in [9.17, 15) is 9.90 Å². The molecular weight excluding hydrogens is 300 g/mol. The van der Waals surface area contributed by atoms with Gasteiger partial charge in [-0.2, -0.15) is 0 Å². The Morgan fingerprint density at radius 2 is 1.38 bits per heavy atom. The SMILES string of the molecule is Cc1ccc(C2=NC(=O)c3c(-c4ccc(C)cc4)[nH]c(O)c32)cc1. The van der Waals surface area contributed by atoms with Crippen LogP contribution >= 0.6 is 0 Å². The van der Waals surface area contributed by atoms with Gasteiger partial charge in [-0.1, -0.05) is 59.7 Å². The van der Waals surface area contributed by atoms with Crippen LogP contribution in [0.3, 0.4) is 0 Å². The fraction of sp³-hybridized carbons (Fsp3) is 0.100. The lowest BCUT2D eigenvalue weighted by molar-refractivity contribution is 0.101. The maximum atomic E-state index is 12.5. The van der Waals surface area contributed by atoms with Crippen molar-refractivity contribution in [2.75, 3.05) is 0 Å².